The number of aromatic nitrogens is 3. The number of Topliss-reactive ketones (excluding diaryl/α,β-unsaturated/α-hetero) is 1. The number of nitrogens with zero attached hydrogens (tertiary/aromatic N) is 3. The maximum absolute atomic E-state index is 12.6. The third-order valence-electron chi connectivity index (χ3n) is 4.25. The summed E-state index contributed by atoms with van der Waals surface area (Å²) in [5, 5.41) is 17.3. The molecule has 2 heterocycles. The summed E-state index contributed by atoms with van der Waals surface area (Å²) in [5.74, 6) is 1.26. The van der Waals surface area contributed by atoms with E-state index in [1.54, 1.807) is 22.9 Å². The molecule has 2 N–H and O–H groups in total. The van der Waals surface area contributed by atoms with Crippen LogP contribution < -0.4 is 5.32 Å². The van der Waals surface area contributed by atoms with Crippen molar-refractivity contribution in [1.29, 1.82) is 0 Å². The Labute approximate surface area is 127 Å². The topological polar surface area (TPSA) is 80.0 Å². The highest BCUT2D eigenvalue weighted by molar-refractivity contribution is 5.99. The number of aromatic hydroxyl groups is 1. The second-order valence-electron chi connectivity index (χ2n) is 5.98. The van der Waals surface area contributed by atoms with E-state index >= 15 is 0 Å². The van der Waals surface area contributed by atoms with Crippen LogP contribution in [0.3, 0.4) is 0 Å². The molecule has 1 aromatic heterocycles. The Bertz CT molecular complexity index is 793. The summed E-state index contributed by atoms with van der Waals surface area (Å²) in [5.41, 5.74) is 2.50. The van der Waals surface area contributed by atoms with Crippen molar-refractivity contribution in [2.75, 3.05) is 5.32 Å². The molecule has 0 saturated carbocycles. The number of allylic oxidation sites excluding steroid dienone is 2. The number of carbonyl (C=O) groups is 1. The van der Waals surface area contributed by atoms with E-state index in [-0.39, 0.29) is 17.6 Å². The molecule has 0 amide bonds. The Balaban J connectivity index is 1.92. The van der Waals surface area contributed by atoms with E-state index in [1.165, 1.54) is 6.33 Å². The average Bonchev–Trinajstić information content (AvgIpc) is 2.92. The molecule has 4 rings (SSSR count). The van der Waals surface area contributed by atoms with Crippen LogP contribution in [-0.2, 0) is 4.79 Å². The molecule has 2 unspecified atom stereocenters. The van der Waals surface area contributed by atoms with Gasteiger partial charge in [-0.05, 0) is 30.0 Å². The molecule has 0 saturated heterocycles. The van der Waals surface area contributed by atoms with Crippen molar-refractivity contribution in [1.82, 2.24) is 14.8 Å². The first-order valence-corrected chi connectivity index (χ1v) is 7.35. The van der Waals surface area contributed by atoms with Crippen LogP contribution in [0, 0.1) is 5.92 Å². The number of hydrogen-bond donors (Lipinski definition) is 2. The van der Waals surface area contributed by atoms with Gasteiger partial charge in [-0.15, -0.1) is 0 Å². The van der Waals surface area contributed by atoms with Gasteiger partial charge in [-0.1, -0.05) is 19.1 Å². The van der Waals surface area contributed by atoms with Gasteiger partial charge >= 0.3 is 0 Å². The summed E-state index contributed by atoms with van der Waals surface area (Å²) in [6.07, 6.45) is 2.84. The summed E-state index contributed by atoms with van der Waals surface area (Å²) >= 11 is 0. The van der Waals surface area contributed by atoms with Crippen LogP contribution in [0.25, 0.3) is 0 Å². The van der Waals surface area contributed by atoms with E-state index in [0.717, 1.165) is 23.3 Å². The van der Waals surface area contributed by atoms with E-state index in [1.807, 2.05) is 6.07 Å². The van der Waals surface area contributed by atoms with E-state index in [0.29, 0.717) is 18.3 Å². The fourth-order valence-electron chi connectivity index (χ4n) is 3.35. The van der Waals surface area contributed by atoms with Crippen molar-refractivity contribution in [3.63, 3.8) is 0 Å². The molecule has 112 valence electrons. The Kier molecular flexibility index (Phi) is 2.79. The van der Waals surface area contributed by atoms with Gasteiger partial charge in [0.25, 0.3) is 0 Å². The number of fused-ring (bicyclic) bond motifs is 1. The Morgan fingerprint density at radius 2 is 2.23 bits per heavy atom. The number of phenols is 1. The molecular formula is C16H16N4O2. The molecule has 6 heteroatoms. The number of hydrogen-bond acceptors (Lipinski definition) is 5. The maximum atomic E-state index is 12.6. The zero-order valence-electron chi connectivity index (χ0n) is 12.2. The van der Waals surface area contributed by atoms with Gasteiger partial charge in [-0.2, -0.15) is 10.1 Å². The molecule has 1 aromatic carbocycles. The molecule has 2 atom stereocenters. The predicted molar refractivity (Wildman–Crippen MR) is 80.3 cm³/mol. The second-order valence-corrected chi connectivity index (χ2v) is 5.98. The average molecular weight is 296 g/mol. The van der Waals surface area contributed by atoms with Gasteiger partial charge in [0, 0.05) is 17.7 Å². The molecule has 0 fully saturated rings. The Morgan fingerprint density at radius 3 is 3.05 bits per heavy atom. The second kappa shape index (κ2) is 4.69. The molecule has 0 bridgehead atoms. The molecule has 1 aliphatic carbocycles. The fraction of sp³-hybridized carbons (Fsp3) is 0.312. The summed E-state index contributed by atoms with van der Waals surface area (Å²) < 4.78 is 1.71. The van der Waals surface area contributed by atoms with Gasteiger partial charge in [-0.3, -0.25) is 4.79 Å². The first-order valence-electron chi connectivity index (χ1n) is 7.35. The van der Waals surface area contributed by atoms with Gasteiger partial charge in [0.15, 0.2) is 5.78 Å². The van der Waals surface area contributed by atoms with Crippen LogP contribution in [0.4, 0.5) is 5.95 Å². The van der Waals surface area contributed by atoms with Gasteiger partial charge in [0.05, 0.1) is 0 Å². The standard InChI is InChI=1S/C16H16N4O2/c1-9-5-12-14(13(22)6-9)15(10-3-2-4-11(21)7-10)20-16(19-12)17-8-18-20/h2-4,7-9,15,21H,5-6H2,1H3,(H,17,18,19). The summed E-state index contributed by atoms with van der Waals surface area (Å²) in [6, 6.07) is 6.64. The minimum Gasteiger partial charge on any atom is -0.508 e. The lowest BCUT2D eigenvalue weighted by Gasteiger charge is -2.34. The minimum atomic E-state index is -0.333. The van der Waals surface area contributed by atoms with Gasteiger partial charge in [-0.25, -0.2) is 4.68 Å². The van der Waals surface area contributed by atoms with Crippen LogP contribution in [0.2, 0.25) is 0 Å². The van der Waals surface area contributed by atoms with Crippen molar-refractivity contribution >= 4 is 11.7 Å². The van der Waals surface area contributed by atoms with Gasteiger partial charge < -0.3 is 10.4 Å². The molecule has 1 aliphatic heterocycles. The molecule has 6 nitrogen and oxygen atoms in total. The number of ketones is 1. The first-order chi connectivity index (χ1) is 10.6. The van der Waals surface area contributed by atoms with Gasteiger partial charge in [0.1, 0.15) is 18.1 Å². The normalized spacial score (nSPS) is 23.8. The van der Waals surface area contributed by atoms with E-state index < -0.39 is 0 Å². The number of benzene rings is 1. The highest BCUT2D eigenvalue weighted by Gasteiger charge is 2.37. The summed E-state index contributed by atoms with van der Waals surface area (Å²) in [6.45, 7) is 2.08. The lowest BCUT2D eigenvalue weighted by Crippen LogP contribution is -2.33. The predicted octanol–water partition coefficient (Wildman–Crippen LogP) is 2.25. The minimum absolute atomic E-state index is 0.135. The van der Waals surface area contributed by atoms with E-state index in [4.69, 9.17) is 0 Å². The van der Waals surface area contributed by atoms with Crippen molar-refractivity contribution in [3.8, 4) is 5.75 Å². The zero-order valence-corrected chi connectivity index (χ0v) is 12.2. The van der Waals surface area contributed by atoms with Crippen molar-refractivity contribution < 1.29 is 9.90 Å². The Morgan fingerprint density at radius 1 is 1.36 bits per heavy atom. The molecule has 0 spiro atoms. The van der Waals surface area contributed by atoms with Crippen LogP contribution in [0.1, 0.15) is 31.4 Å². The SMILES string of the molecule is CC1CC(=O)C2=C(C1)Nc1ncnn1C2c1cccc(O)c1. The first kappa shape index (κ1) is 13.1. The van der Waals surface area contributed by atoms with Crippen LogP contribution in [0.5, 0.6) is 5.75 Å². The fourth-order valence-corrected chi connectivity index (χ4v) is 3.35. The molecule has 2 aromatic rings. The lowest BCUT2D eigenvalue weighted by atomic mass is 9.81. The summed E-state index contributed by atoms with van der Waals surface area (Å²) in [7, 11) is 0. The number of rotatable bonds is 1. The largest absolute Gasteiger partial charge is 0.508 e. The Hall–Kier alpha value is -2.63. The lowest BCUT2D eigenvalue weighted by molar-refractivity contribution is -0.117. The number of phenolic OH excluding ortho intramolecular Hbond substituents is 1. The highest BCUT2D eigenvalue weighted by Crippen LogP contribution is 2.41. The van der Waals surface area contributed by atoms with Crippen molar-refractivity contribution in [2.45, 2.75) is 25.8 Å². The van der Waals surface area contributed by atoms with Gasteiger partial charge in [0.2, 0.25) is 5.95 Å². The van der Waals surface area contributed by atoms with Crippen molar-refractivity contribution in [2.24, 2.45) is 5.92 Å². The van der Waals surface area contributed by atoms with E-state index in [2.05, 4.69) is 22.3 Å². The maximum Gasteiger partial charge on any atom is 0.226 e. The van der Waals surface area contributed by atoms with Crippen LogP contribution in [0.15, 0.2) is 41.9 Å². The highest BCUT2D eigenvalue weighted by atomic mass is 16.3. The smallest absolute Gasteiger partial charge is 0.226 e. The zero-order chi connectivity index (χ0) is 15.3. The van der Waals surface area contributed by atoms with E-state index in [9.17, 15) is 9.90 Å². The molecule has 22 heavy (non-hydrogen) atoms. The number of carbonyl (C=O) groups excluding carboxylic acids is 1. The molecular weight excluding hydrogens is 280 g/mol. The monoisotopic (exact) mass is 296 g/mol. The number of nitrogens with one attached hydrogen (secondary N) is 1. The molecule has 0 radical (unpaired) electrons. The van der Waals surface area contributed by atoms with Crippen molar-refractivity contribution in [3.05, 3.63) is 47.4 Å². The number of anilines is 1. The third kappa shape index (κ3) is 1.91. The third-order valence-corrected chi connectivity index (χ3v) is 4.25. The van der Waals surface area contributed by atoms with Crippen LogP contribution in [-0.4, -0.2) is 25.7 Å². The molecule has 2 aliphatic rings. The summed E-state index contributed by atoms with van der Waals surface area (Å²) in [4.78, 5) is 16.8. The quantitative estimate of drug-likeness (QED) is 0.843. The van der Waals surface area contributed by atoms with Crippen LogP contribution >= 0.6 is 0 Å².